The Balaban J connectivity index is 2.74. The summed E-state index contributed by atoms with van der Waals surface area (Å²) in [4.78, 5) is 11.2. The zero-order valence-corrected chi connectivity index (χ0v) is 10.2. The van der Waals surface area contributed by atoms with Gasteiger partial charge in [0.2, 0.25) is 0 Å². The lowest BCUT2D eigenvalue weighted by Gasteiger charge is -2.07. The van der Waals surface area contributed by atoms with E-state index in [1.165, 1.54) is 7.05 Å². The second kappa shape index (κ2) is 5.67. The largest absolute Gasteiger partial charge is 0.484 e. The molecule has 0 atom stereocenters. The highest BCUT2D eigenvalue weighted by Gasteiger charge is 2.06. The van der Waals surface area contributed by atoms with Crippen LogP contribution in [0.5, 0.6) is 5.75 Å². The van der Waals surface area contributed by atoms with E-state index in [2.05, 4.69) is 5.32 Å². The third-order valence-corrected chi connectivity index (χ3v) is 2.39. The lowest BCUT2D eigenvalue weighted by atomic mass is 10.2. The van der Waals surface area contributed by atoms with E-state index in [0.717, 1.165) is 0 Å². The van der Waals surface area contributed by atoms with Crippen LogP contribution >= 0.6 is 23.8 Å². The van der Waals surface area contributed by atoms with Gasteiger partial charge < -0.3 is 15.8 Å². The molecule has 0 radical (unpaired) electrons. The Morgan fingerprint density at radius 1 is 1.62 bits per heavy atom. The monoisotopic (exact) mass is 258 g/mol. The van der Waals surface area contributed by atoms with Crippen LogP contribution in [0.2, 0.25) is 5.02 Å². The number of benzene rings is 1. The molecule has 3 N–H and O–H groups in total. The fourth-order valence-electron chi connectivity index (χ4n) is 1.01. The van der Waals surface area contributed by atoms with Gasteiger partial charge in [0.25, 0.3) is 5.91 Å². The van der Waals surface area contributed by atoms with Gasteiger partial charge in [-0.05, 0) is 18.2 Å². The first-order valence-corrected chi connectivity index (χ1v) is 5.26. The highest BCUT2D eigenvalue weighted by atomic mass is 35.5. The topological polar surface area (TPSA) is 64.3 Å². The van der Waals surface area contributed by atoms with Gasteiger partial charge in [0.1, 0.15) is 10.7 Å². The zero-order chi connectivity index (χ0) is 12.1. The molecule has 0 aliphatic heterocycles. The molecule has 0 saturated carbocycles. The maximum absolute atomic E-state index is 10.9. The van der Waals surface area contributed by atoms with E-state index in [4.69, 9.17) is 34.3 Å². The van der Waals surface area contributed by atoms with Gasteiger partial charge in [0.15, 0.2) is 6.61 Å². The Bertz CT molecular complexity index is 423. The summed E-state index contributed by atoms with van der Waals surface area (Å²) in [5.74, 6) is 0.281. The molecule has 0 heterocycles. The minimum absolute atomic E-state index is 0.0563. The molecule has 0 aromatic heterocycles. The van der Waals surface area contributed by atoms with Gasteiger partial charge in [-0.1, -0.05) is 23.8 Å². The van der Waals surface area contributed by atoms with Crippen molar-refractivity contribution in [2.24, 2.45) is 5.73 Å². The number of nitrogens with one attached hydrogen (secondary N) is 1. The van der Waals surface area contributed by atoms with E-state index in [0.29, 0.717) is 16.3 Å². The number of halogens is 1. The molecule has 1 aromatic rings. The van der Waals surface area contributed by atoms with Crippen LogP contribution in [-0.4, -0.2) is 24.6 Å². The van der Waals surface area contributed by atoms with E-state index in [1.807, 2.05) is 0 Å². The first-order valence-electron chi connectivity index (χ1n) is 4.47. The van der Waals surface area contributed by atoms with Gasteiger partial charge in [-0.25, -0.2) is 0 Å². The van der Waals surface area contributed by atoms with Crippen molar-refractivity contribution in [3.05, 3.63) is 28.8 Å². The number of rotatable bonds is 4. The fourth-order valence-corrected chi connectivity index (χ4v) is 1.51. The number of amides is 1. The normalized spacial score (nSPS) is 9.62. The highest BCUT2D eigenvalue weighted by Crippen LogP contribution is 2.22. The number of hydrogen-bond acceptors (Lipinski definition) is 3. The number of likely N-dealkylation sites (N-methyl/N-ethyl adjacent to an activating group) is 1. The predicted octanol–water partition coefficient (Wildman–Crippen LogP) is 1.10. The Morgan fingerprint density at radius 2 is 2.31 bits per heavy atom. The fraction of sp³-hybridized carbons (Fsp3) is 0.200. The molecule has 0 fully saturated rings. The van der Waals surface area contributed by atoms with Crippen molar-refractivity contribution < 1.29 is 9.53 Å². The van der Waals surface area contributed by atoms with Gasteiger partial charge in [-0.15, -0.1) is 0 Å². The molecule has 16 heavy (non-hydrogen) atoms. The van der Waals surface area contributed by atoms with Crippen LogP contribution in [0.3, 0.4) is 0 Å². The summed E-state index contributed by atoms with van der Waals surface area (Å²) < 4.78 is 5.19. The van der Waals surface area contributed by atoms with Crippen LogP contribution in [-0.2, 0) is 4.79 Å². The van der Waals surface area contributed by atoms with Crippen molar-refractivity contribution in [2.75, 3.05) is 13.7 Å². The molecule has 0 spiro atoms. The van der Waals surface area contributed by atoms with Crippen molar-refractivity contribution in [3.63, 3.8) is 0 Å². The maximum atomic E-state index is 10.9. The molecule has 6 heteroatoms. The van der Waals surface area contributed by atoms with Gasteiger partial charge in [-0.2, -0.15) is 0 Å². The van der Waals surface area contributed by atoms with Crippen molar-refractivity contribution in [3.8, 4) is 5.75 Å². The predicted molar refractivity (Wildman–Crippen MR) is 66.9 cm³/mol. The van der Waals surface area contributed by atoms with Gasteiger partial charge in [-0.3, -0.25) is 4.79 Å². The third kappa shape index (κ3) is 3.36. The molecule has 1 amide bonds. The summed E-state index contributed by atoms with van der Waals surface area (Å²) >= 11 is 10.7. The molecule has 0 bridgehead atoms. The SMILES string of the molecule is CNC(=O)COc1ccc(C(N)=S)c(Cl)c1. The number of carbonyl (C=O) groups is 1. The van der Waals surface area contributed by atoms with Crippen LogP contribution in [0.1, 0.15) is 5.56 Å². The van der Waals surface area contributed by atoms with Crippen LogP contribution in [0.15, 0.2) is 18.2 Å². The Kier molecular flexibility index (Phi) is 4.52. The van der Waals surface area contributed by atoms with Crippen LogP contribution < -0.4 is 15.8 Å². The van der Waals surface area contributed by atoms with E-state index in [-0.39, 0.29) is 17.5 Å². The molecule has 0 aliphatic rings. The van der Waals surface area contributed by atoms with Crippen LogP contribution in [0, 0.1) is 0 Å². The molecular formula is C10H11ClN2O2S. The van der Waals surface area contributed by atoms with Crippen molar-refractivity contribution in [2.45, 2.75) is 0 Å². The van der Waals surface area contributed by atoms with Gasteiger partial charge in [0.05, 0.1) is 5.02 Å². The van der Waals surface area contributed by atoms with E-state index in [1.54, 1.807) is 18.2 Å². The molecule has 1 rings (SSSR count). The molecule has 0 saturated heterocycles. The summed E-state index contributed by atoms with van der Waals surface area (Å²) in [5, 5.41) is 2.85. The number of hydrogen-bond donors (Lipinski definition) is 2. The number of ether oxygens (including phenoxy) is 1. The third-order valence-electron chi connectivity index (χ3n) is 1.85. The van der Waals surface area contributed by atoms with Crippen LogP contribution in [0.25, 0.3) is 0 Å². The lowest BCUT2D eigenvalue weighted by molar-refractivity contribution is -0.122. The first-order chi connectivity index (χ1) is 7.54. The molecular weight excluding hydrogens is 248 g/mol. The number of nitrogens with two attached hydrogens (primary N) is 1. The Hall–Kier alpha value is -1.33. The van der Waals surface area contributed by atoms with Gasteiger partial charge in [0, 0.05) is 12.6 Å². The first kappa shape index (κ1) is 12.7. The summed E-state index contributed by atoms with van der Waals surface area (Å²) in [5.41, 5.74) is 6.04. The maximum Gasteiger partial charge on any atom is 0.257 e. The Labute approximate surface area is 104 Å². The van der Waals surface area contributed by atoms with Crippen molar-refractivity contribution >= 4 is 34.7 Å². The minimum Gasteiger partial charge on any atom is -0.484 e. The summed E-state index contributed by atoms with van der Waals surface area (Å²) in [7, 11) is 1.54. The van der Waals surface area contributed by atoms with E-state index < -0.39 is 0 Å². The summed E-state index contributed by atoms with van der Waals surface area (Å²) in [6.07, 6.45) is 0. The van der Waals surface area contributed by atoms with Crippen LogP contribution in [0.4, 0.5) is 0 Å². The number of thiocarbonyl (C=S) groups is 1. The molecule has 1 aromatic carbocycles. The summed E-state index contributed by atoms with van der Waals surface area (Å²) in [6, 6.07) is 4.88. The second-order valence-corrected chi connectivity index (χ2v) is 3.81. The minimum atomic E-state index is -0.213. The quantitative estimate of drug-likeness (QED) is 0.794. The van der Waals surface area contributed by atoms with E-state index >= 15 is 0 Å². The summed E-state index contributed by atoms with van der Waals surface area (Å²) in [6.45, 7) is -0.0563. The Morgan fingerprint density at radius 3 is 2.81 bits per heavy atom. The van der Waals surface area contributed by atoms with Crippen molar-refractivity contribution in [1.29, 1.82) is 0 Å². The standard InChI is InChI=1S/C10H11ClN2O2S/c1-13-9(14)5-15-6-2-3-7(10(12)16)8(11)4-6/h2-4H,5H2,1H3,(H2,12,16)(H,13,14). The molecule has 0 aliphatic carbocycles. The zero-order valence-electron chi connectivity index (χ0n) is 8.62. The molecule has 0 unspecified atom stereocenters. The number of carbonyl (C=O) groups excluding carboxylic acids is 1. The average Bonchev–Trinajstić information content (AvgIpc) is 2.25. The molecule has 4 nitrogen and oxygen atoms in total. The lowest BCUT2D eigenvalue weighted by Crippen LogP contribution is -2.24. The highest BCUT2D eigenvalue weighted by molar-refractivity contribution is 7.80. The smallest absolute Gasteiger partial charge is 0.257 e. The molecule has 86 valence electrons. The van der Waals surface area contributed by atoms with Crippen molar-refractivity contribution in [1.82, 2.24) is 5.32 Å². The second-order valence-electron chi connectivity index (χ2n) is 2.97. The van der Waals surface area contributed by atoms with E-state index in [9.17, 15) is 4.79 Å². The average molecular weight is 259 g/mol. The van der Waals surface area contributed by atoms with Gasteiger partial charge >= 0.3 is 0 Å².